The second-order valence-electron chi connectivity index (χ2n) is 4.60. The second kappa shape index (κ2) is 8.62. The minimum absolute atomic E-state index is 0. The monoisotopic (exact) mass is 278 g/mol. The zero-order chi connectivity index (χ0) is 11.4. The third-order valence-corrected chi connectivity index (χ3v) is 2.67. The van der Waals surface area contributed by atoms with Gasteiger partial charge in [0.15, 0.2) is 0 Å². The maximum atomic E-state index is 5.66. The number of nitrogen functional groups attached to an aromatic ring is 1. The Kier molecular flexibility index (Phi) is 9.59. The number of benzene rings is 1. The molecule has 17 heavy (non-hydrogen) atoms. The first-order valence-corrected chi connectivity index (χ1v) is 5.61. The van der Waals surface area contributed by atoms with Crippen LogP contribution in [0.25, 0.3) is 0 Å². The Morgan fingerprint density at radius 3 is 1.71 bits per heavy atom. The zero-order valence-corrected chi connectivity index (χ0v) is 12.6. The third kappa shape index (κ3) is 6.16. The predicted octanol–water partition coefficient (Wildman–Crippen LogP) is 3.73. The minimum Gasteiger partial charge on any atom is -0.399 e. The lowest BCUT2D eigenvalue weighted by molar-refractivity contribution is 0.166. The summed E-state index contributed by atoms with van der Waals surface area (Å²) in [5.41, 5.74) is 7.82. The fourth-order valence-corrected chi connectivity index (χ4v) is 1.80. The van der Waals surface area contributed by atoms with Crippen molar-refractivity contribution in [2.75, 3.05) is 5.73 Å². The summed E-state index contributed by atoms with van der Waals surface area (Å²) >= 11 is 0. The Morgan fingerprint density at radius 2 is 1.35 bits per heavy atom. The molecule has 0 heterocycles. The third-order valence-electron chi connectivity index (χ3n) is 2.67. The molecule has 0 aliphatic carbocycles. The molecule has 1 rings (SSSR count). The number of nitrogens with zero attached hydrogens (tertiary/aromatic N) is 1. The van der Waals surface area contributed by atoms with Crippen molar-refractivity contribution in [3.8, 4) is 0 Å². The molecular formula is C13H24Cl2N2. The molecule has 2 N–H and O–H groups in total. The predicted molar refractivity (Wildman–Crippen MR) is 81.2 cm³/mol. The molecule has 0 unspecified atom stereocenters. The SMILES string of the molecule is CC(C)N(Cc1ccc(N)cc1)C(C)C.Cl.Cl. The van der Waals surface area contributed by atoms with Gasteiger partial charge < -0.3 is 5.73 Å². The Balaban J connectivity index is 0. The molecule has 0 radical (unpaired) electrons. The molecule has 100 valence electrons. The molecule has 2 nitrogen and oxygen atoms in total. The highest BCUT2D eigenvalue weighted by atomic mass is 35.5. The Labute approximate surface area is 117 Å². The van der Waals surface area contributed by atoms with Crippen molar-refractivity contribution < 1.29 is 0 Å². The molecule has 0 atom stereocenters. The van der Waals surface area contributed by atoms with Crippen molar-refractivity contribution in [1.29, 1.82) is 0 Å². The van der Waals surface area contributed by atoms with Crippen molar-refractivity contribution in [3.63, 3.8) is 0 Å². The van der Waals surface area contributed by atoms with Gasteiger partial charge in [0.2, 0.25) is 0 Å². The number of halogens is 2. The molecular weight excluding hydrogens is 255 g/mol. The molecule has 0 amide bonds. The van der Waals surface area contributed by atoms with Gasteiger partial charge in [-0.2, -0.15) is 0 Å². The molecule has 1 aromatic rings. The van der Waals surface area contributed by atoms with E-state index in [0.29, 0.717) is 12.1 Å². The van der Waals surface area contributed by atoms with E-state index in [1.165, 1.54) is 5.56 Å². The van der Waals surface area contributed by atoms with Crippen molar-refractivity contribution in [2.24, 2.45) is 0 Å². The number of hydrogen-bond donors (Lipinski definition) is 1. The molecule has 0 aromatic heterocycles. The highest BCUT2D eigenvalue weighted by Crippen LogP contribution is 2.13. The van der Waals surface area contributed by atoms with Gasteiger partial charge in [0.25, 0.3) is 0 Å². The summed E-state index contributed by atoms with van der Waals surface area (Å²) in [6, 6.07) is 9.29. The minimum atomic E-state index is 0. The van der Waals surface area contributed by atoms with E-state index in [4.69, 9.17) is 5.73 Å². The van der Waals surface area contributed by atoms with Crippen LogP contribution < -0.4 is 5.73 Å². The van der Waals surface area contributed by atoms with Gasteiger partial charge in [-0.15, -0.1) is 24.8 Å². The summed E-state index contributed by atoms with van der Waals surface area (Å²) < 4.78 is 0. The lowest BCUT2D eigenvalue weighted by atomic mass is 10.1. The van der Waals surface area contributed by atoms with Crippen LogP contribution in [-0.4, -0.2) is 17.0 Å². The molecule has 0 aliphatic heterocycles. The Morgan fingerprint density at radius 1 is 0.941 bits per heavy atom. The van der Waals surface area contributed by atoms with Gasteiger partial charge in [-0.1, -0.05) is 12.1 Å². The fraction of sp³-hybridized carbons (Fsp3) is 0.538. The normalized spacial score (nSPS) is 10.3. The number of anilines is 1. The van der Waals surface area contributed by atoms with E-state index in [1.54, 1.807) is 0 Å². The van der Waals surface area contributed by atoms with E-state index in [0.717, 1.165) is 12.2 Å². The zero-order valence-electron chi connectivity index (χ0n) is 11.0. The van der Waals surface area contributed by atoms with Gasteiger partial charge in [0.05, 0.1) is 0 Å². The molecule has 4 heteroatoms. The van der Waals surface area contributed by atoms with Crippen molar-refractivity contribution in [3.05, 3.63) is 29.8 Å². The molecule has 0 saturated heterocycles. The van der Waals surface area contributed by atoms with Crippen molar-refractivity contribution in [2.45, 2.75) is 46.3 Å². The van der Waals surface area contributed by atoms with Crippen LogP contribution in [0.3, 0.4) is 0 Å². The lowest BCUT2D eigenvalue weighted by Crippen LogP contribution is -2.36. The summed E-state index contributed by atoms with van der Waals surface area (Å²) in [4.78, 5) is 2.46. The highest BCUT2D eigenvalue weighted by Gasteiger charge is 2.13. The average molecular weight is 279 g/mol. The smallest absolute Gasteiger partial charge is 0.0314 e. The Hall–Kier alpha value is -0.440. The van der Waals surface area contributed by atoms with E-state index in [-0.39, 0.29) is 24.8 Å². The molecule has 0 aliphatic rings. The van der Waals surface area contributed by atoms with E-state index in [9.17, 15) is 0 Å². The average Bonchev–Trinajstić information content (AvgIpc) is 2.15. The van der Waals surface area contributed by atoms with E-state index >= 15 is 0 Å². The Bertz CT molecular complexity index is 289. The standard InChI is InChI=1S/C13H22N2.2ClH/c1-10(2)15(11(3)4)9-12-5-7-13(14)8-6-12;;/h5-8,10-11H,9,14H2,1-4H3;2*1H. The van der Waals surface area contributed by atoms with Gasteiger partial charge in [-0.05, 0) is 45.4 Å². The molecule has 0 bridgehead atoms. The molecule has 0 fully saturated rings. The van der Waals surface area contributed by atoms with Crippen LogP contribution in [0.2, 0.25) is 0 Å². The van der Waals surface area contributed by atoms with Crippen molar-refractivity contribution in [1.82, 2.24) is 4.90 Å². The summed E-state index contributed by atoms with van der Waals surface area (Å²) in [5.74, 6) is 0. The molecule has 0 spiro atoms. The van der Waals surface area contributed by atoms with Crippen LogP contribution in [0.15, 0.2) is 24.3 Å². The van der Waals surface area contributed by atoms with Gasteiger partial charge in [0.1, 0.15) is 0 Å². The van der Waals surface area contributed by atoms with Crippen LogP contribution in [0, 0.1) is 0 Å². The number of hydrogen-bond acceptors (Lipinski definition) is 2. The van der Waals surface area contributed by atoms with Crippen molar-refractivity contribution >= 4 is 30.5 Å². The molecule has 1 aromatic carbocycles. The summed E-state index contributed by atoms with van der Waals surface area (Å²) in [7, 11) is 0. The van der Waals surface area contributed by atoms with Gasteiger partial charge in [-0.3, -0.25) is 4.90 Å². The van der Waals surface area contributed by atoms with E-state index < -0.39 is 0 Å². The summed E-state index contributed by atoms with van der Waals surface area (Å²) in [6.07, 6.45) is 0. The quantitative estimate of drug-likeness (QED) is 0.851. The fourth-order valence-electron chi connectivity index (χ4n) is 1.80. The van der Waals surface area contributed by atoms with Crippen LogP contribution in [0.4, 0.5) is 5.69 Å². The summed E-state index contributed by atoms with van der Waals surface area (Å²) in [5, 5.41) is 0. The number of rotatable bonds is 4. The maximum absolute atomic E-state index is 5.66. The van der Waals surface area contributed by atoms with Crippen LogP contribution in [-0.2, 0) is 6.54 Å². The van der Waals surface area contributed by atoms with Crippen LogP contribution in [0.1, 0.15) is 33.3 Å². The maximum Gasteiger partial charge on any atom is 0.0314 e. The lowest BCUT2D eigenvalue weighted by Gasteiger charge is -2.30. The van der Waals surface area contributed by atoms with Gasteiger partial charge >= 0.3 is 0 Å². The van der Waals surface area contributed by atoms with E-state index in [1.807, 2.05) is 12.1 Å². The first-order valence-electron chi connectivity index (χ1n) is 5.61. The van der Waals surface area contributed by atoms with Gasteiger partial charge in [0, 0.05) is 24.3 Å². The first kappa shape index (κ1) is 18.9. The summed E-state index contributed by atoms with van der Waals surface area (Å²) in [6.45, 7) is 9.93. The van der Waals surface area contributed by atoms with Crippen LogP contribution in [0.5, 0.6) is 0 Å². The van der Waals surface area contributed by atoms with Gasteiger partial charge in [-0.25, -0.2) is 0 Å². The second-order valence-corrected chi connectivity index (χ2v) is 4.60. The van der Waals surface area contributed by atoms with Crippen LogP contribution >= 0.6 is 24.8 Å². The highest BCUT2D eigenvalue weighted by molar-refractivity contribution is 5.85. The number of nitrogens with two attached hydrogens (primary N) is 1. The molecule has 0 saturated carbocycles. The topological polar surface area (TPSA) is 29.3 Å². The van der Waals surface area contributed by atoms with E-state index in [2.05, 4.69) is 44.7 Å². The largest absolute Gasteiger partial charge is 0.399 e. The first-order chi connectivity index (χ1) is 7.00.